The third kappa shape index (κ3) is 1.43. The second-order valence-corrected chi connectivity index (χ2v) is 4.85. The van der Waals surface area contributed by atoms with Crippen LogP contribution < -0.4 is 5.84 Å². The molecule has 0 aliphatic rings. The van der Waals surface area contributed by atoms with E-state index in [9.17, 15) is 13.2 Å². The molecular weight excluding hydrogens is 348 g/mol. The molecule has 0 unspecified atom stereocenters. The summed E-state index contributed by atoms with van der Waals surface area (Å²) in [5.41, 5.74) is 1.16. The molecule has 3 aromatic rings. The maximum atomic E-state index is 12.5. The topological polar surface area (TPSA) is 62.5 Å². The van der Waals surface area contributed by atoms with Crippen molar-refractivity contribution >= 4 is 44.7 Å². The largest absolute Gasteiger partial charge is 0.431 e. The van der Waals surface area contributed by atoms with Gasteiger partial charge in [0.2, 0.25) is 0 Å². The molecule has 0 atom stereocenters. The van der Waals surface area contributed by atoms with E-state index in [-0.39, 0.29) is 0 Å². The molecule has 0 spiro atoms. The molecule has 0 fully saturated rings. The number of nitrogens with two attached hydrogens (primary N) is 1. The van der Waals surface area contributed by atoms with Crippen LogP contribution in [0.15, 0.2) is 12.1 Å². The van der Waals surface area contributed by atoms with E-state index in [1.807, 2.05) is 22.6 Å². The summed E-state index contributed by atoms with van der Waals surface area (Å²) in [5.74, 6) is 5.75. The zero-order valence-corrected chi connectivity index (χ0v) is 10.3. The van der Waals surface area contributed by atoms with Crippen molar-refractivity contribution in [3.05, 3.63) is 21.5 Å². The van der Waals surface area contributed by atoms with Gasteiger partial charge in [-0.25, -0.2) is 0 Å². The number of H-pyrrole nitrogens is 2. The van der Waals surface area contributed by atoms with Gasteiger partial charge in [-0.05, 0) is 34.7 Å². The minimum Gasteiger partial charge on any atom is -0.348 e. The van der Waals surface area contributed by atoms with Crippen LogP contribution in [0.3, 0.4) is 0 Å². The minimum atomic E-state index is -4.40. The Morgan fingerprint density at radius 3 is 2.35 bits per heavy atom. The number of hydrogen-bond donors (Lipinski definition) is 3. The van der Waals surface area contributed by atoms with Gasteiger partial charge in [0.05, 0.1) is 25.8 Å². The van der Waals surface area contributed by atoms with E-state index in [0.717, 1.165) is 9.77 Å². The number of aromatic nitrogens is 3. The van der Waals surface area contributed by atoms with Crippen molar-refractivity contribution in [1.29, 1.82) is 0 Å². The summed E-state index contributed by atoms with van der Waals surface area (Å²) in [4.78, 5) is 5.33. The van der Waals surface area contributed by atoms with E-state index in [0.29, 0.717) is 22.1 Å². The quantitative estimate of drug-likeness (QED) is 0.422. The first kappa shape index (κ1) is 10.8. The zero-order valence-electron chi connectivity index (χ0n) is 8.19. The number of alkyl halides is 3. The molecule has 3 aromatic heterocycles. The highest BCUT2D eigenvalue weighted by Gasteiger charge is 2.33. The second-order valence-electron chi connectivity index (χ2n) is 3.69. The van der Waals surface area contributed by atoms with Crippen LogP contribution in [0.1, 0.15) is 5.69 Å². The van der Waals surface area contributed by atoms with E-state index in [2.05, 4.69) is 9.97 Å². The van der Waals surface area contributed by atoms with Gasteiger partial charge in [-0.2, -0.15) is 13.2 Å². The Morgan fingerprint density at radius 1 is 1.12 bits per heavy atom. The summed E-state index contributed by atoms with van der Waals surface area (Å²) in [6, 6.07) is 2.78. The summed E-state index contributed by atoms with van der Waals surface area (Å²) in [5, 5.41) is 0. The predicted octanol–water partition coefficient (Wildman–Crippen LogP) is 2.79. The van der Waals surface area contributed by atoms with Gasteiger partial charge in [0.1, 0.15) is 5.69 Å². The van der Waals surface area contributed by atoms with Gasteiger partial charge in [-0.3, -0.25) is 4.68 Å². The maximum absolute atomic E-state index is 12.5. The summed E-state index contributed by atoms with van der Waals surface area (Å²) < 4.78 is 39.7. The lowest BCUT2D eigenvalue weighted by molar-refractivity contribution is -0.140. The van der Waals surface area contributed by atoms with E-state index in [1.165, 1.54) is 4.68 Å². The van der Waals surface area contributed by atoms with E-state index < -0.39 is 11.9 Å². The number of rotatable bonds is 0. The van der Waals surface area contributed by atoms with Crippen LogP contribution in [0, 0.1) is 3.70 Å². The maximum Gasteiger partial charge on any atom is 0.431 e. The van der Waals surface area contributed by atoms with Crippen molar-refractivity contribution in [2.75, 3.05) is 5.84 Å². The standard InChI is InChI=1S/C9H6F3IN4/c10-9(11,12)5-1-3-7(15-5)8-4(17(3)14)2-6(13)16-8/h1-2,15-16H,14H2. The molecule has 8 heteroatoms. The zero-order chi connectivity index (χ0) is 12.4. The fourth-order valence-electron chi connectivity index (χ4n) is 1.90. The molecule has 3 rings (SSSR count). The van der Waals surface area contributed by atoms with Gasteiger partial charge >= 0.3 is 6.18 Å². The predicted molar refractivity (Wildman–Crippen MR) is 66.0 cm³/mol. The first-order valence-electron chi connectivity index (χ1n) is 4.62. The Labute approximate surface area is 106 Å². The van der Waals surface area contributed by atoms with Crippen LogP contribution >= 0.6 is 22.6 Å². The average Bonchev–Trinajstić information content (AvgIpc) is 2.81. The van der Waals surface area contributed by atoms with Crippen LogP contribution in [0.2, 0.25) is 0 Å². The lowest BCUT2D eigenvalue weighted by Gasteiger charge is -2.01. The fourth-order valence-corrected chi connectivity index (χ4v) is 2.46. The highest BCUT2D eigenvalue weighted by Crippen LogP contribution is 2.34. The Bertz CT molecular complexity index is 718. The van der Waals surface area contributed by atoms with Gasteiger partial charge in [0.15, 0.2) is 0 Å². The molecule has 17 heavy (non-hydrogen) atoms. The van der Waals surface area contributed by atoms with Crippen molar-refractivity contribution in [3.8, 4) is 0 Å². The lowest BCUT2D eigenvalue weighted by Crippen LogP contribution is -2.07. The van der Waals surface area contributed by atoms with Crippen LogP contribution in [-0.2, 0) is 6.18 Å². The third-order valence-electron chi connectivity index (χ3n) is 2.64. The highest BCUT2D eigenvalue weighted by molar-refractivity contribution is 14.1. The molecule has 0 saturated heterocycles. The Morgan fingerprint density at radius 2 is 1.71 bits per heavy atom. The number of fused-ring (bicyclic) bond motifs is 3. The SMILES string of the molecule is Nn1c2cc(I)[nH]c2c2[nH]c(C(F)(F)F)cc21. The van der Waals surface area contributed by atoms with Gasteiger partial charge in [0.25, 0.3) is 0 Å². The van der Waals surface area contributed by atoms with E-state index >= 15 is 0 Å². The number of aromatic amines is 2. The normalized spacial score (nSPS) is 12.9. The van der Waals surface area contributed by atoms with Crippen molar-refractivity contribution < 1.29 is 13.2 Å². The minimum absolute atomic E-state index is 0.329. The third-order valence-corrected chi connectivity index (χ3v) is 3.22. The summed E-state index contributed by atoms with van der Waals surface area (Å²) in [6.07, 6.45) is -4.40. The first-order valence-corrected chi connectivity index (χ1v) is 5.69. The second kappa shape index (κ2) is 3.12. The van der Waals surface area contributed by atoms with E-state index in [4.69, 9.17) is 5.84 Å². The molecule has 0 amide bonds. The Kier molecular flexibility index (Phi) is 1.98. The van der Waals surface area contributed by atoms with E-state index in [1.54, 1.807) is 6.07 Å². The number of nitrogens with zero attached hydrogens (tertiary/aromatic N) is 1. The summed E-state index contributed by atoms with van der Waals surface area (Å²) >= 11 is 2.04. The monoisotopic (exact) mass is 354 g/mol. The molecular formula is C9H6F3IN4. The van der Waals surface area contributed by atoms with Crippen molar-refractivity contribution in [1.82, 2.24) is 14.6 Å². The molecule has 0 saturated carbocycles. The number of nitrogen functional groups attached to an aromatic ring is 1. The smallest absolute Gasteiger partial charge is 0.348 e. The molecule has 0 bridgehead atoms. The van der Waals surface area contributed by atoms with Crippen molar-refractivity contribution in [3.63, 3.8) is 0 Å². The van der Waals surface area contributed by atoms with Gasteiger partial charge < -0.3 is 15.8 Å². The molecule has 4 N–H and O–H groups in total. The highest BCUT2D eigenvalue weighted by atomic mass is 127. The Balaban J connectivity index is 2.40. The van der Waals surface area contributed by atoms with Crippen LogP contribution in [0.25, 0.3) is 22.1 Å². The molecule has 90 valence electrons. The van der Waals surface area contributed by atoms with Gasteiger partial charge in [-0.15, -0.1) is 0 Å². The molecule has 0 aliphatic carbocycles. The molecule has 0 radical (unpaired) electrons. The summed E-state index contributed by atoms with van der Waals surface area (Å²) in [6.45, 7) is 0. The number of nitrogens with one attached hydrogen (secondary N) is 2. The molecule has 0 aliphatic heterocycles. The summed E-state index contributed by atoms with van der Waals surface area (Å²) in [7, 11) is 0. The Hall–Kier alpha value is -1.32. The van der Waals surface area contributed by atoms with Crippen LogP contribution in [0.5, 0.6) is 0 Å². The van der Waals surface area contributed by atoms with Gasteiger partial charge in [-0.1, -0.05) is 0 Å². The molecule has 4 nitrogen and oxygen atoms in total. The van der Waals surface area contributed by atoms with Crippen molar-refractivity contribution in [2.45, 2.75) is 6.18 Å². The van der Waals surface area contributed by atoms with Crippen molar-refractivity contribution in [2.24, 2.45) is 0 Å². The average molecular weight is 354 g/mol. The number of hydrogen-bond acceptors (Lipinski definition) is 1. The molecule has 3 heterocycles. The fraction of sp³-hybridized carbons (Fsp3) is 0.111. The number of halogens is 4. The molecule has 0 aromatic carbocycles. The van der Waals surface area contributed by atoms with Crippen LogP contribution in [0.4, 0.5) is 13.2 Å². The lowest BCUT2D eigenvalue weighted by atomic mass is 10.4. The first-order chi connectivity index (χ1) is 7.88. The van der Waals surface area contributed by atoms with Crippen LogP contribution in [-0.4, -0.2) is 14.6 Å². The van der Waals surface area contributed by atoms with Gasteiger partial charge in [0, 0.05) is 0 Å².